The molecule has 0 bridgehead atoms. The average Bonchev–Trinajstić information content (AvgIpc) is 3.36. The van der Waals surface area contributed by atoms with Gasteiger partial charge in [0.15, 0.2) is 0 Å². The van der Waals surface area contributed by atoms with Gasteiger partial charge in [0.2, 0.25) is 11.8 Å². The number of imidazole rings is 1. The summed E-state index contributed by atoms with van der Waals surface area (Å²) in [6, 6.07) is 3.92. The molecule has 4 rings (SSSR count). The second-order valence-electron chi connectivity index (χ2n) is 5.84. The lowest BCUT2D eigenvalue weighted by Crippen LogP contribution is -2.40. The van der Waals surface area contributed by atoms with E-state index < -0.39 is 0 Å². The summed E-state index contributed by atoms with van der Waals surface area (Å²) in [5.74, 6) is 1.38. The van der Waals surface area contributed by atoms with Gasteiger partial charge in [-0.1, -0.05) is 6.07 Å². The monoisotopic (exact) mass is 343 g/mol. The molecular formula is C16H17N5O2S. The van der Waals surface area contributed by atoms with E-state index in [9.17, 15) is 4.79 Å². The van der Waals surface area contributed by atoms with Gasteiger partial charge < -0.3 is 13.9 Å². The molecule has 24 heavy (non-hydrogen) atoms. The zero-order valence-electron chi connectivity index (χ0n) is 13.0. The zero-order chi connectivity index (χ0) is 16.4. The molecule has 1 amide bonds. The summed E-state index contributed by atoms with van der Waals surface area (Å²) in [6.07, 6.45) is 7.03. The van der Waals surface area contributed by atoms with Crippen molar-refractivity contribution >= 4 is 17.2 Å². The van der Waals surface area contributed by atoms with Crippen LogP contribution < -0.4 is 0 Å². The van der Waals surface area contributed by atoms with Crippen molar-refractivity contribution < 1.29 is 9.21 Å². The van der Waals surface area contributed by atoms with Gasteiger partial charge in [-0.3, -0.25) is 4.79 Å². The fourth-order valence-corrected chi connectivity index (χ4v) is 3.59. The highest BCUT2D eigenvalue weighted by Crippen LogP contribution is 2.30. The van der Waals surface area contributed by atoms with Crippen molar-refractivity contribution in [2.24, 2.45) is 0 Å². The van der Waals surface area contributed by atoms with Gasteiger partial charge in [-0.05, 0) is 24.3 Å². The van der Waals surface area contributed by atoms with Crippen LogP contribution in [0.2, 0.25) is 0 Å². The number of rotatable bonds is 4. The normalized spacial score (nSPS) is 18.0. The maximum absolute atomic E-state index is 12.4. The molecule has 0 saturated carbocycles. The highest BCUT2D eigenvalue weighted by atomic mass is 32.1. The lowest BCUT2D eigenvalue weighted by molar-refractivity contribution is -0.133. The van der Waals surface area contributed by atoms with Gasteiger partial charge in [-0.15, -0.1) is 21.5 Å². The maximum atomic E-state index is 12.4. The minimum atomic E-state index is 0.0932. The third-order valence-electron chi connectivity index (χ3n) is 4.17. The van der Waals surface area contributed by atoms with Crippen molar-refractivity contribution in [1.29, 1.82) is 0 Å². The summed E-state index contributed by atoms with van der Waals surface area (Å²) in [6.45, 7) is 1.71. The van der Waals surface area contributed by atoms with Crippen molar-refractivity contribution in [2.75, 3.05) is 13.1 Å². The zero-order valence-corrected chi connectivity index (χ0v) is 13.9. The summed E-state index contributed by atoms with van der Waals surface area (Å²) in [7, 11) is 0. The SMILES string of the molecule is O=C(Cn1ccnc1)N1CCCC(c2nnc(-c3cccs3)o2)C1. The van der Waals surface area contributed by atoms with Crippen molar-refractivity contribution in [3.8, 4) is 10.8 Å². The van der Waals surface area contributed by atoms with E-state index in [4.69, 9.17) is 4.42 Å². The standard InChI is InChI=1S/C16H17N5O2S/c22-14(10-20-7-5-17-11-20)21-6-1-3-12(9-21)15-18-19-16(23-15)13-4-2-8-24-13/h2,4-5,7-8,11-12H,1,3,6,9-10H2. The third kappa shape index (κ3) is 3.09. The molecule has 1 aliphatic heterocycles. The number of amides is 1. The molecule has 1 unspecified atom stereocenters. The Bertz CT molecular complexity index is 796. The lowest BCUT2D eigenvalue weighted by Gasteiger charge is -2.31. The first kappa shape index (κ1) is 15.1. The molecular weight excluding hydrogens is 326 g/mol. The predicted molar refractivity (Wildman–Crippen MR) is 88.4 cm³/mol. The van der Waals surface area contributed by atoms with Crippen molar-refractivity contribution in [3.05, 3.63) is 42.1 Å². The minimum Gasteiger partial charge on any atom is -0.420 e. The molecule has 4 heterocycles. The van der Waals surface area contributed by atoms with Crippen LogP contribution in [0.25, 0.3) is 10.8 Å². The largest absolute Gasteiger partial charge is 0.420 e. The van der Waals surface area contributed by atoms with E-state index in [0.717, 1.165) is 24.3 Å². The van der Waals surface area contributed by atoms with E-state index in [0.29, 0.717) is 24.9 Å². The van der Waals surface area contributed by atoms with Crippen LogP contribution in [0.5, 0.6) is 0 Å². The molecule has 0 aliphatic carbocycles. The first-order chi connectivity index (χ1) is 11.8. The smallest absolute Gasteiger partial charge is 0.257 e. The molecule has 0 N–H and O–H groups in total. The molecule has 7 nitrogen and oxygen atoms in total. The van der Waals surface area contributed by atoms with Crippen LogP contribution in [0.3, 0.4) is 0 Å². The number of likely N-dealkylation sites (tertiary alicyclic amines) is 1. The minimum absolute atomic E-state index is 0.0932. The Labute approximate surface area is 142 Å². The molecule has 0 aromatic carbocycles. The van der Waals surface area contributed by atoms with Crippen LogP contribution in [0.15, 0.2) is 40.7 Å². The van der Waals surface area contributed by atoms with Crippen LogP contribution in [-0.4, -0.2) is 43.6 Å². The topological polar surface area (TPSA) is 77.1 Å². The van der Waals surface area contributed by atoms with Crippen LogP contribution in [-0.2, 0) is 11.3 Å². The van der Waals surface area contributed by atoms with Gasteiger partial charge in [0.1, 0.15) is 6.54 Å². The number of nitrogens with zero attached hydrogens (tertiary/aromatic N) is 5. The van der Waals surface area contributed by atoms with E-state index in [1.807, 2.05) is 22.4 Å². The van der Waals surface area contributed by atoms with Gasteiger partial charge in [0.25, 0.3) is 5.89 Å². The van der Waals surface area contributed by atoms with Gasteiger partial charge >= 0.3 is 0 Å². The van der Waals surface area contributed by atoms with Crippen LogP contribution in [0, 0.1) is 0 Å². The Morgan fingerprint density at radius 1 is 1.42 bits per heavy atom. The Morgan fingerprint density at radius 3 is 3.17 bits per heavy atom. The van der Waals surface area contributed by atoms with Crippen LogP contribution in [0.1, 0.15) is 24.7 Å². The molecule has 8 heteroatoms. The van der Waals surface area contributed by atoms with Gasteiger partial charge in [-0.2, -0.15) is 0 Å². The van der Waals surface area contributed by atoms with E-state index in [1.165, 1.54) is 0 Å². The molecule has 0 spiro atoms. The highest BCUT2D eigenvalue weighted by Gasteiger charge is 2.28. The number of hydrogen-bond acceptors (Lipinski definition) is 6. The molecule has 3 aromatic rings. The van der Waals surface area contributed by atoms with Crippen LogP contribution in [0.4, 0.5) is 0 Å². The Kier molecular flexibility index (Phi) is 4.12. The predicted octanol–water partition coefficient (Wildman–Crippen LogP) is 2.40. The molecule has 1 aliphatic rings. The van der Waals surface area contributed by atoms with Gasteiger partial charge in [0.05, 0.1) is 17.1 Å². The fraction of sp³-hybridized carbons (Fsp3) is 0.375. The number of carbonyl (C=O) groups is 1. The Hall–Kier alpha value is -2.48. The van der Waals surface area contributed by atoms with Gasteiger partial charge in [-0.25, -0.2) is 4.98 Å². The fourth-order valence-electron chi connectivity index (χ4n) is 2.94. The third-order valence-corrected chi connectivity index (χ3v) is 5.03. The average molecular weight is 343 g/mol. The first-order valence-electron chi connectivity index (χ1n) is 7.90. The summed E-state index contributed by atoms with van der Waals surface area (Å²) in [4.78, 5) is 19.3. The van der Waals surface area contributed by atoms with Crippen molar-refractivity contribution in [2.45, 2.75) is 25.3 Å². The van der Waals surface area contributed by atoms with E-state index in [-0.39, 0.29) is 11.8 Å². The van der Waals surface area contributed by atoms with Crippen LogP contribution >= 0.6 is 11.3 Å². The molecule has 1 saturated heterocycles. The summed E-state index contributed by atoms with van der Waals surface area (Å²) < 4.78 is 7.62. The maximum Gasteiger partial charge on any atom is 0.257 e. The Morgan fingerprint density at radius 2 is 2.38 bits per heavy atom. The molecule has 1 fully saturated rings. The van der Waals surface area contributed by atoms with Gasteiger partial charge in [0, 0.05) is 25.5 Å². The Balaban J connectivity index is 1.44. The highest BCUT2D eigenvalue weighted by molar-refractivity contribution is 7.13. The molecule has 3 aromatic heterocycles. The van der Waals surface area contributed by atoms with E-state index in [1.54, 1.807) is 34.6 Å². The lowest BCUT2D eigenvalue weighted by atomic mass is 9.98. The number of piperidine rings is 1. The second kappa shape index (κ2) is 6.56. The first-order valence-corrected chi connectivity index (χ1v) is 8.78. The van der Waals surface area contributed by atoms with Crippen molar-refractivity contribution in [3.63, 3.8) is 0 Å². The number of thiophene rings is 1. The summed E-state index contributed by atoms with van der Waals surface area (Å²) in [5.41, 5.74) is 0. The molecule has 1 atom stereocenters. The quantitative estimate of drug-likeness (QED) is 0.727. The number of aromatic nitrogens is 4. The van der Waals surface area contributed by atoms with Crippen molar-refractivity contribution in [1.82, 2.24) is 24.6 Å². The summed E-state index contributed by atoms with van der Waals surface area (Å²) in [5, 5.41) is 10.3. The van der Waals surface area contributed by atoms with E-state index >= 15 is 0 Å². The summed E-state index contributed by atoms with van der Waals surface area (Å²) >= 11 is 1.57. The second-order valence-corrected chi connectivity index (χ2v) is 6.78. The number of hydrogen-bond donors (Lipinski definition) is 0. The molecule has 124 valence electrons. The molecule has 0 radical (unpaired) electrons. The number of carbonyl (C=O) groups excluding carboxylic acids is 1. The van der Waals surface area contributed by atoms with E-state index in [2.05, 4.69) is 15.2 Å².